The smallest absolute Gasteiger partial charge is 0.221 e. The first-order valence-electron chi connectivity index (χ1n) is 5.85. The average molecular weight is 262 g/mol. The van der Waals surface area contributed by atoms with Crippen molar-refractivity contribution in [1.29, 1.82) is 0 Å². The third-order valence-corrected chi connectivity index (χ3v) is 3.77. The number of amides is 1. The van der Waals surface area contributed by atoms with E-state index in [2.05, 4.69) is 10.6 Å². The molecule has 1 fully saturated rings. The Morgan fingerprint density at radius 2 is 2.41 bits per heavy atom. The number of methoxy groups -OCH3 is 2. The Labute approximate surface area is 107 Å². The minimum Gasteiger partial charge on any atom is -0.382 e. The maximum Gasteiger partial charge on any atom is 0.221 e. The topological polar surface area (TPSA) is 59.6 Å². The SMILES string of the molecule is COCC(CNC(=O)CC1CSCCN1)OC. The molecule has 0 aromatic rings. The van der Waals surface area contributed by atoms with Gasteiger partial charge in [0.2, 0.25) is 5.91 Å². The summed E-state index contributed by atoms with van der Waals surface area (Å²) in [4.78, 5) is 11.7. The molecule has 0 aliphatic carbocycles. The largest absolute Gasteiger partial charge is 0.382 e. The van der Waals surface area contributed by atoms with E-state index in [4.69, 9.17) is 9.47 Å². The summed E-state index contributed by atoms with van der Waals surface area (Å²) in [7, 11) is 3.24. The minimum absolute atomic E-state index is 0.0716. The van der Waals surface area contributed by atoms with Crippen LogP contribution in [0.5, 0.6) is 0 Å². The third kappa shape index (κ3) is 6.26. The molecule has 0 aromatic heterocycles. The molecule has 100 valence electrons. The van der Waals surface area contributed by atoms with E-state index in [0.717, 1.165) is 18.1 Å². The van der Waals surface area contributed by atoms with Crippen LogP contribution in [0, 0.1) is 0 Å². The van der Waals surface area contributed by atoms with E-state index in [-0.39, 0.29) is 12.0 Å². The second-order valence-electron chi connectivity index (χ2n) is 4.05. The van der Waals surface area contributed by atoms with Gasteiger partial charge >= 0.3 is 0 Å². The van der Waals surface area contributed by atoms with Crippen LogP contribution in [0.1, 0.15) is 6.42 Å². The molecule has 0 spiro atoms. The number of hydrogen-bond acceptors (Lipinski definition) is 5. The molecule has 5 nitrogen and oxygen atoms in total. The molecule has 1 heterocycles. The van der Waals surface area contributed by atoms with Gasteiger partial charge in [-0.2, -0.15) is 11.8 Å². The minimum atomic E-state index is -0.0716. The molecule has 2 atom stereocenters. The van der Waals surface area contributed by atoms with Gasteiger partial charge in [-0.3, -0.25) is 4.79 Å². The van der Waals surface area contributed by atoms with Gasteiger partial charge in [-0.1, -0.05) is 0 Å². The van der Waals surface area contributed by atoms with Crippen molar-refractivity contribution in [2.24, 2.45) is 0 Å². The molecule has 6 heteroatoms. The number of carbonyl (C=O) groups excluding carboxylic acids is 1. The van der Waals surface area contributed by atoms with E-state index >= 15 is 0 Å². The van der Waals surface area contributed by atoms with Gasteiger partial charge in [0.1, 0.15) is 0 Å². The van der Waals surface area contributed by atoms with Crippen LogP contribution in [0.2, 0.25) is 0 Å². The van der Waals surface area contributed by atoms with Crippen molar-refractivity contribution in [3.63, 3.8) is 0 Å². The summed E-state index contributed by atoms with van der Waals surface area (Å²) in [5.74, 6) is 2.22. The quantitative estimate of drug-likeness (QED) is 0.669. The van der Waals surface area contributed by atoms with Crippen molar-refractivity contribution in [3.8, 4) is 0 Å². The van der Waals surface area contributed by atoms with Gasteiger partial charge in [0, 0.05) is 51.3 Å². The number of rotatable bonds is 7. The summed E-state index contributed by atoms with van der Waals surface area (Å²) in [5.41, 5.74) is 0. The predicted molar refractivity (Wildman–Crippen MR) is 69.4 cm³/mol. The van der Waals surface area contributed by atoms with Crippen molar-refractivity contribution in [3.05, 3.63) is 0 Å². The molecule has 0 saturated carbocycles. The maximum absolute atomic E-state index is 11.7. The van der Waals surface area contributed by atoms with Crippen molar-refractivity contribution >= 4 is 17.7 Å². The van der Waals surface area contributed by atoms with Crippen LogP contribution in [0.4, 0.5) is 0 Å². The Hall–Kier alpha value is -0.300. The van der Waals surface area contributed by atoms with Crippen molar-refractivity contribution in [1.82, 2.24) is 10.6 Å². The standard InChI is InChI=1S/C11H22N2O3S/c1-15-7-10(16-2)6-13-11(14)5-9-8-17-4-3-12-9/h9-10,12H,3-8H2,1-2H3,(H,13,14). The number of hydrogen-bond donors (Lipinski definition) is 2. The van der Waals surface area contributed by atoms with E-state index in [9.17, 15) is 4.79 Å². The van der Waals surface area contributed by atoms with Crippen LogP contribution < -0.4 is 10.6 Å². The zero-order valence-electron chi connectivity index (χ0n) is 10.5. The van der Waals surface area contributed by atoms with Crippen molar-refractivity contribution < 1.29 is 14.3 Å². The molecule has 0 bridgehead atoms. The van der Waals surface area contributed by atoms with E-state index in [1.165, 1.54) is 0 Å². The zero-order chi connectivity index (χ0) is 12.5. The summed E-state index contributed by atoms with van der Waals surface area (Å²) in [6, 6.07) is 0.303. The predicted octanol–water partition coefficient (Wildman–Crippen LogP) is -0.141. The molecule has 1 aliphatic rings. The summed E-state index contributed by atoms with van der Waals surface area (Å²) in [6.45, 7) is 1.99. The highest BCUT2D eigenvalue weighted by atomic mass is 32.2. The Kier molecular flexibility index (Phi) is 7.59. The molecular weight excluding hydrogens is 240 g/mol. The lowest BCUT2D eigenvalue weighted by Gasteiger charge is -2.23. The lowest BCUT2D eigenvalue weighted by Crippen LogP contribution is -2.43. The van der Waals surface area contributed by atoms with E-state index < -0.39 is 0 Å². The maximum atomic E-state index is 11.7. The molecule has 1 amide bonds. The van der Waals surface area contributed by atoms with Crippen LogP contribution in [0.15, 0.2) is 0 Å². The zero-order valence-corrected chi connectivity index (χ0v) is 11.3. The molecular formula is C11H22N2O3S. The molecule has 2 N–H and O–H groups in total. The first-order chi connectivity index (χ1) is 8.26. The fourth-order valence-electron chi connectivity index (χ4n) is 1.67. The van der Waals surface area contributed by atoms with Gasteiger partial charge in [0.25, 0.3) is 0 Å². The van der Waals surface area contributed by atoms with Gasteiger partial charge in [0.15, 0.2) is 0 Å². The average Bonchev–Trinajstić information content (AvgIpc) is 2.35. The summed E-state index contributed by atoms with van der Waals surface area (Å²) in [5, 5.41) is 6.21. The van der Waals surface area contributed by atoms with Gasteiger partial charge < -0.3 is 20.1 Å². The summed E-state index contributed by atoms with van der Waals surface area (Å²) < 4.78 is 10.2. The monoisotopic (exact) mass is 262 g/mol. The Balaban J connectivity index is 2.14. The van der Waals surface area contributed by atoms with Crippen molar-refractivity contribution in [2.75, 3.05) is 45.4 Å². The fraction of sp³-hybridized carbons (Fsp3) is 0.909. The molecule has 1 saturated heterocycles. The van der Waals surface area contributed by atoms with E-state index in [0.29, 0.717) is 25.6 Å². The van der Waals surface area contributed by atoms with Crippen LogP contribution in [0.3, 0.4) is 0 Å². The Bertz CT molecular complexity index is 223. The van der Waals surface area contributed by atoms with E-state index in [1.807, 2.05) is 11.8 Å². The highest BCUT2D eigenvalue weighted by Crippen LogP contribution is 2.09. The van der Waals surface area contributed by atoms with E-state index in [1.54, 1.807) is 14.2 Å². The van der Waals surface area contributed by atoms with Gasteiger partial charge in [0.05, 0.1) is 12.7 Å². The van der Waals surface area contributed by atoms with Crippen molar-refractivity contribution in [2.45, 2.75) is 18.6 Å². The summed E-state index contributed by atoms with van der Waals surface area (Å²) in [6.07, 6.45) is 0.466. The molecule has 0 aromatic carbocycles. The second kappa shape index (κ2) is 8.74. The fourth-order valence-corrected chi connectivity index (χ4v) is 2.62. The summed E-state index contributed by atoms with van der Waals surface area (Å²) >= 11 is 1.89. The third-order valence-electron chi connectivity index (χ3n) is 2.64. The number of thioether (sulfide) groups is 1. The van der Waals surface area contributed by atoms with Gasteiger partial charge in [-0.05, 0) is 0 Å². The van der Waals surface area contributed by atoms with Crippen LogP contribution >= 0.6 is 11.8 Å². The van der Waals surface area contributed by atoms with Gasteiger partial charge in [-0.25, -0.2) is 0 Å². The lowest BCUT2D eigenvalue weighted by atomic mass is 10.2. The first-order valence-corrected chi connectivity index (χ1v) is 7.01. The number of nitrogens with one attached hydrogen (secondary N) is 2. The van der Waals surface area contributed by atoms with Crippen LogP contribution in [-0.4, -0.2) is 63.5 Å². The molecule has 1 aliphatic heterocycles. The van der Waals surface area contributed by atoms with Crippen LogP contribution in [0.25, 0.3) is 0 Å². The molecule has 17 heavy (non-hydrogen) atoms. The number of ether oxygens (including phenoxy) is 2. The first kappa shape index (κ1) is 14.8. The molecule has 2 unspecified atom stereocenters. The normalized spacial score (nSPS) is 22.1. The number of carbonyl (C=O) groups is 1. The highest BCUT2D eigenvalue weighted by molar-refractivity contribution is 7.99. The molecule has 0 radical (unpaired) electrons. The highest BCUT2D eigenvalue weighted by Gasteiger charge is 2.17. The Morgan fingerprint density at radius 3 is 3.00 bits per heavy atom. The van der Waals surface area contributed by atoms with Crippen LogP contribution in [-0.2, 0) is 14.3 Å². The van der Waals surface area contributed by atoms with Gasteiger partial charge in [-0.15, -0.1) is 0 Å². The Morgan fingerprint density at radius 1 is 1.59 bits per heavy atom. The lowest BCUT2D eigenvalue weighted by molar-refractivity contribution is -0.122. The second-order valence-corrected chi connectivity index (χ2v) is 5.20. The molecule has 1 rings (SSSR count).